The van der Waals surface area contributed by atoms with E-state index < -0.39 is 15.8 Å². The molecule has 0 radical (unpaired) electrons. The van der Waals surface area contributed by atoms with Crippen LogP contribution in [0.5, 0.6) is 0 Å². The Morgan fingerprint density at radius 1 is 1.41 bits per heavy atom. The summed E-state index contributed by atoms with van der Waals surface area (Å²) in [5.41, 5.74) is 0.240. The summed E-state index contributed by atoms with van der Waals surface area (Å²) >= 11 is 0. The predicted octanol–water partition coefficient (Wildman–Crippen LogP) is 1.84. The van der Waals surface area contributed by atoms with E-state index in [-0.39, 0.29) is 22.3 Å². The van der Waals surface area contributed by atoms with Gasteiger partial charge in [0.15, 0.2) is 9.84 Å². The van der Waals surface area contributed by atoms with E-state index in [1.807, 2.05) is 0 Å². The average molecular weight is 258 g/mol. The lowest BCUT2D eigenvalue weighted by atomic mass is 10.3. The molecule has 0 atom stereocenters. The predicted molar refractivity (Wildman–Crippen MR) is 60.5 cm³/mol. The molecule has 1 heterocycles. The first-order valence-corrected chi connectivity index (χ1v) is 7.23. The van der Waals surface area contributed by atoms with Crippen molar-refractivity contribution in [3.05, 3.63) is 23.7 Å². The summed E-state index contributed by atoms with van der Waals surface area (Å²) in [6.45, 7) is 0. The molecule has 0 amide bonds. The SMILES string of the molecule is O=C(O)c1occc1CS(=O)(=O)C1CCCC1. The lowest BCUT2D eigenvalue weighted by Gasteiger charge is -2.09. The zero-order valence-corrected chi connectivity index (χ0v) is 10.1. The van der Waals surface area contributed by atoms with Gasteiger partial charge in [-0.3, -0.25) is 0 Å². The minimum Gasteiger partial charge on any atom is -0.475 e. The summed E-state index contributed by atoms with van der Waals surface area (Å²) in [4.78, 5) is 10.8. The van der Waals surface area contributed by atoms with E-state index in [1.54, 1.807) is 0 Å². The fraction of sp³-hybridized carbons (Fsp3) is 0.545. The highest BCUT2D eigenvalue weighted by Gasteiger charge is 2.30. The average Bonchev–Trinajstić information content (AvgIpc) is 2.85. The number of hydrogen-bond donors (Lipinski definition) is 1. The Labute approximate surface area is 99.4 Å². The third kappa shape index (κ3) is 2.52. The van der Waals surface area contributed by atoms with Gasteiger partial charge in [0.1, 0.15) is 0 Å². The first-order valence-electron chi connectivity index (χ1n) is 5.52. The third-order valence-corrected chi connectivity index (χ3v) is 5.31. The van der Waals surface area contributed by atoms with E-state index >= 15 is 0 Å². The Hall–Kier alpha value is -1.30. The number of rotatable bonds is 4. The van der Waals surface area contributed by atoms with Crippen LogP contribution in [0.15, 0.2) is 16.7 Å². The van der Waals surface area contributed by atoms with Gasteiger partial charge in [0.05, 0.1) is 17.3 Å². The zero-order valence-electron chi connectivity index (χ0n) is 9.26. The van der Waals surface area contributed by atoms with E-state index in [2.05, 4.69) is 0 Å². The van der Waals surface area contributed by atoms with Gasteiger partial charge < -0.3 is 9.52 Å². The molecule has 0 bridgehead atoms. The van der Waals surface area contributed by atoms with Gasteiger partial charge in [-0.1, -0.05) is 12.8 Å². The number of aromatic carboxylic acids is 1. The van der Waals surface area contributed by atoms with Crippen LogP contribution in [-0.4, -0.2) is 24.7 Å². The molecule has 0 aliphatic heterocycles. The monoisotopic (exact) mass is 258 g/mol. The summed E-state index contributed by atoms with van der Waals surface area (Å²) in [5.74, 6) is -1.74. The molecule has 94 valence electrons. The van der Waals surface area contributed by atoms with E-state index in [1.165, 1.54) is 12.3 Å². The van der Waals surface area contributed by atoms with Crippen molar-refractivity contribution in [2.75, 3.05) is 0 Å². The van der Waals surface area contributed by atoms with Gasteiger partial charge in [-0.2, -0.15) is 0 Å². The van der Waals surface area contributed by atoms with Crippen LogP contribution in [0.2, 0.25) is 0 Å². The first-order chi connectivity index (χ1) is 8.00. The maximum atomic E-state index is 12.0. The molecule has 1 aliphatic rings. The van der Waals surface area contributed by atoms with Crippen LogP contribution in [0.1, 0.15) is 41.8 Å². The molecule has 17 heavy (non-hydrogen) atoms. The number of sulfone groups is 1. The van der Waals surface area contributed by atoms with Crippen molar-refractivity contribution in [3.63, 3.8) is 0 Å². The third-order valence-electron chi connectivity index (χ3n) is 3.11. The van der Waals surface area contributed by atoms with Gasteiger partial charge in [-0.05, 0) is 18.9 Å². The molecule has 1 fully saturated rings. The van der Waals surface area contributed by atoms with Crippen molar-refractivity contribution < 1.29 is 22.7 Å². The summed E-state index contributed by atoms with van der Waals surface area (Å²) in [6.07, 6.45) is 4.44. The largest absolute Gasteiger partial charge is 0.475 e. The van der Waals surface area contributed by atoms with Crippen LogP contribution in [0.25, 0.3) is 0 Å². The molecule has 1 aromatic heterocycles. The Morgan fingerprint density at radius 2 is 2.06 bits per heavy atom. The van der Waals surface area contributed by atoms with Crippen molar-refractivity contribution in [1.82, 2.24) is 0 Å². The molecular weight excluding hydrogens is 244 g/mol. The zero-order chi connectivity index (χ0) is 12.5. The maximum Gasteiger partial charge on any atom is 0.372 e. The molecule has 6 heteroatoms. The molecule has 0 saturated heterocycles. The molecular formula is C11H14O5S. The summed E-state index contributed by atoms with van der Waals surface area (Å²) in [5, 5.41) is 8.51. The van der Waals surface area contributed by atoms with Crippen LogP contribution in [0, 0.1) is 0 Å². The van der Waals surface area contributed by atoms with Gasteiger partial charge >= 0.3 is 5.97 Å². The topological polar surface area (TPSA) is 84.6 Å². The second kappa shape index (κ2) is 4.52. The van der Waals surface area contributed by atoms with E-state index in [0.717, 1.165) is 12.8 Å². The van der Waals surface area contributed by atoms with Crippen LogP contribution in [-0.2, 0) is 15.6 Å². The van der Waals surface area contributed by atoms with Crippen molar-refractivity contribution in [2.24, 2.45) is 0 Å². The van der Waals surface area contributed by atoms with E-state index in [4.69, 9.17) is 9.52 Å². The number of carboxylic acids is 1. The van der Waals surface area contributed by atoms with Crippen LogP contribution >= 0.6 is 0 Å². The smallest absolute Gasteiger partial charge is 0.372 e. The minimum atomic E-state index is -3.26. The highest BCUT2D eigenvalue weighted by atomic mass is 32.2. The molecule has 0 unspecified atom stereocenters. The van der Waals surface area contributed by atoms with E-state index in [9.17, 15) is 13.2 Å². The summed E-state index contributed by atoms with van der Waals surface area (Å²) < 4.78 is 28.9. The Balaban J connectivity index is 2.20. The van der Waals surface area contributed by atoms with Crippen LogP contribution in [0.4, 0.5) is 0 Å². The molecule has 1 saturated carbocycles. The molecule has 0 spiro atoms. The Kier molecular flexibility index (Phi) is 3.24. The highest BCUT2D eigenvalue weighted by Crippen LogP contribution is 2.28. The van der Waals surface area contributed by atoms with Gasteiger partial charge in [0.25, 0.3) is 0 Å². The molecule has 5 nitrogen and oxygen atoms in total. The van der Waals surface area contributed by atoms with Gasteiger partial charge in [-0.15, -0.1) is 0 Å². The standard InChI is InChI=1S/C11H14O5S/c12-11(13)10-8(5-6-16-10)7-17(14,15)9-3-1-2-4-9/h5-6,9H,1-4,7H2,(H,12,13). The molecule has 2 rings (SSSR count). The number of furan rings is 1. The second-order valence-electron chi connectivity index (χ2n) is 4.29. The van der Waals surface area contributed by atoms with Crippen molar-refractivity contribution >= 4 is 15.8 Å². The van der Waals surface area contributed by atoms with Gasteiger partial charge in [0.2, 0.25) is 5.76 Å². The van der Waals surface area contributed by atoms with Gasteiger partial charge in [-0.25, -0.2) is 13.2 Å². The van der Waals surface area contributed by atoms with Crippen molar-refractivity contribution in [3.8, 4) is 0 Å². The van der Waals surface area contributed by atoms with Crippen molar-refractivity contribution in [1.29, 1.82) is 0 Å². The highest BCUT2D eigenvalue weighted by molar-refractivity contribution is 7.91. The summed E-state index contributed by atoms with van der Waals surface area (Å²) in [7, 11) is -3.26. The minimum absolute atomic E-state index is 0.240. The molecule has 1 aliphatic carbocycles. The summed E-state index contributed by atoms with van der Waals surface area (Å²) in [6, 6.07) is 1.41. The number of carboxylic acid groups (broad SMARTS) is 1. The molecule has 0 aromatic carbocycles. The lowest BCUT2D eigenvalue weighted by Crippen LogP contribution is -2.20. The van der Waals surface area contributed by atoms with Crippen molar-refractivity contribution in [2.45, 2.75) is 36.7 Å². The molecule has 1 aromatic rings. The van der Waals surface area contributed by atoms with Gasteiger partial charge in [0, 0.05) is 5.56 Å². The normalized spacial score (nSPS) is 17.4. The Bertz CT molecular complexity index is 508. The number of carbonyl (C=O) groups is 1. The Morgan fingerprint density at radius 3 is 2.65 bits per heavy atom. The van der Waals surface area contributed by atoms with Crippen LogP contribution < -0.4 is 0 Å². The lowest BCUT2D eigenvalue weighted by molar-refractivity contribution is 0.0661. The van der Waals surface area contributed by atoms with Crippen LogP contribution in [0.3, 0.4) is 0 Å². The fourth-order valence-electron chi connectivity index (χ4n) is 2.22. The fourth-order valence-corrected chi connectivity index (χ4v) is 4.17. The molecule has 1 N–H and O–H groups in total. The maximum absolute atomic E-state index is 12.0. The van der Waals surface area contributed by atoms with E-state index in [0.29, 0.717) is 12.8 Å². The quantitative estimate of drug-likeness (QED) is 0.890. The number of hydrogen-bond acceptors (Lipinski definition) is 4. The first kappa shape index (κ1) is 12.2. The second-order valence-corrected chi connectivity index (χ2v) is 6.57.